The van der Waals surface area contributed by atoms with Crippen molar-refractivity contribution in [2.75, 3.05) is 5.32 Å². The molecule has 3 N–H and O–H groups in total. The zero-order valence-corrected chi connectivity index (χ0v) is 23.0. The minimum Gasteiger partial charge on any atom is -0.388 e. The Labute approximate surface area is 225 Å². The van der Waals surface area contributed by atoms with Crippen LogP contribution in [0.1, 0.15) is 105 Å². The molecule has 2 amide bonds. The Morgan fingerprint density at radius 2 is 1.84 bits per heavy atom. The number of hydrogen-bond donors (Lipinski definition) is 3. The number of amides is 2. The number of nitrogens with zero attached hydrogens (tertiary/aromatic N) is 3. The van der Waals surface area contributed by atoms with E-state index in [-0.39, 0.29) is 50.2 Å². The van der Waals surface area contributed by atoms with Gasteiger partial charge in [0, 0.05) is 34.9 Å². The number of carbonyl (C=O) groups is 2. The second-order valence-electron chi connectivity index (χ2n) is 11.7. The van der Waals surface area contributed by atoms with Crippen molar-refractivity contribution in [3.05, 3.63) is 28.5 Å². The van der Waals surface area contributed by atoms with Crippen LogP contribution in [0.2, 0.25) is 0 Å². The molecule has 2 aromatic rings. The fourth-order valence-electron chi connectivity index (χ4n) is 5.60. The van der Waals surface area contributed by atoms with E-state index in [1.807, 2.05) is 11.8 Å². The third kappa shape index (κ3) is 5.02. The minimum absolute atomic E-state index is 0.00484. The number of thiazole rings is 1. The average molecular weight is 548 g/mol. The molecule has 206 valence electrons. The first kappa shape index (κ1) is 26.9. The number of aliphatic hydroxyl groups is 1. The molecule has 1 saturated carbocycles. The molecule has 2 aromatic heterocycles. The Balaban J connectivity index is 1.54. The summed E-state index contributed by atoms with van der Waals surface area (Å²) in [5.74, 6) is -0.546. The van der Waals surface area contributed by atoms with Crippen molar-refractivity contribution in [1.82, 2.24) is 20.2 Å². The van der Waals surface area contributed by atoms with Gasteiger partial charge in [0.25, 0.3) is 18.2 Å². The Morgan fingerprint density at radius 1 is 1.21 bits per heavy atom. The Bertz CT molecular complexity index is 1220. The van der Waals surface area contributed by atoms with Crippen molar-refractivity contribution in [2.24, 2.45) is 0 Å². The van der Waals surface area contributed by atoms with E-state index in [2.05, 4.69) is 20.6 Å². The highest BCUT2D eigenvalue weighted by atomic mass is 32.1. The van der Waals surface area contributed by atoms with Crippen molar-refractivity contribution < 1.29 is 23.5 Å². The topological polar surface area (TPSA) is 107 Å². The normalized spacial score (nSPS) is 22.9. The molecular weight excluding hydrogens is 512 g/mol. The van der Waals surface area contributed by atoms with Crippen LogP contribution in [0.25, 0.3) is 10.4 Å². The molecule has 2 saturated heterocycles. The molecule has 11 heteroatoms. The Morgan fingerprint density at radius 3 is 2.37 bits per heavy atom. The number of hydrogen-bond acceptors (Lipinski definition) is 7. The van der Waals surface area contributed by atoms with E-state index < -0.39 is 24.0 Å². The Hall–Kier alpha value is -2.66. The first-order valence-corrected chi connectivity index (χ1v) is 14.1. The van der Waals surface area contributed by atoms with Crippen LogP contribution in [-0.2, 0) is 0 Å². The van der Waals surface area contributed by atoms with Gasteiger partial charge in [-0.1, -0.05) is 0 Å². The van der Waals surface area contributed by atoms with E-state index in [1.165, 1.54) is 12.3 Å². The van der Waals surface area contributed by atoms with Crippen LogP contribution in [0.4, 0.5) is 14.6 Å². The van der Waals surface area contributed by atoms with Crippen molar-refractivity contribution in [2.45, 2.75) is 108 Å². The number of halogens is 2. The number of nitrogens with one attached hydrogen (secondary N) is 2. The van der Waals surface area contributed by atoms with Gasteiger partial charge < -0.3 is 20.6 Å². The van der Waals surface area contributed by atoms with Crippen LogP contribution in [-0.4, -0.2) is 61.1 Å². The lowest BCUT2D eigenvalue weighted by atomic mass is 9.78. The lowest BCUT2D eigenvalue weighted by Crippen LogP contribution is -2.47. The summed E-state index contributed by atoms with van der Waals surface area (Å²) in [7, 11) is 0. The molecule has 1 unspecified atom stereocenters. The zero-order chi connectivity index (χ0) is 27.4. The van der Waals surface area contributed by atoms with Gasteiger partial charge in [-0.05, 0) is 78.7 Å². The van der Waals surface area contributed by atoms with Crippen LogP contribution in [0, 0.1) is 0 Å². The Kier molecular flexibility index (Phi) is 6.96. The predicted molar refractivity (Wildman–Crippen MR) is 142 cm³/mol. The average Bonchev–Trinajstić information content (AvgIpc) is 3.56. The summed E-state index contributed by atoms with van der Waals surface area (Å²) in [4.78, 5) is 37.7. The van der Waals surface area contributed by atoms with E-state index in [4.69, 9.17) is 0 Å². The number of fused-ring (bicyclic) bond motifs is 2. The number of rotatable bonds is 8. The third-order valence-electron chi connectivity index (χ3n) is 8.42. The molecule has 4 heterocycles. The van der Waals surface area contributed by atoms with Gasteiger partial charge in [-0.15, -0.1) is 11.3 Å². The van der Waals surface area contributed by atoms with E-state index in [1.54, 1.807) is 20.8 Å². The van der Waals surface area contributed by atoms with Crippen LogP contribution < -0.4 is 10.6 Å². The molecule has 2 aliphatic heterocycles. The molecule has 0 aromatic carbocycles. The van der Waals surface area contributed by atoms with Gasteiger partial charge in [0.2, 0.25) is 0 Å². The molecule has 1 aliphatic carbocycles. The van der Waals surface area contributed by atoms with E-state index in [9.17, 15) is 23.5 Å². The van der Waals surface area contributed by atoms with Crippen LogP contribution in [0.3, 0.4) is 0 Å². The highest BCUT2D eigenvalue weighted by Crippen LogP contribution is 2.43. The molecule has 0 spiro atoms. The molecule has 8 nitrogen and oxygen atoms in total. The summed E-state index contributed by atoms with van der Waals surface area (Å²) >= 11 is 0.904. The largest absolute Gasteiger partial charge is 0.388 e. The fraction of sp³-hybridized carbons (Fsp3) is 0.630. The van der Waals surface area contributed by atoms with Gasteiger partial charge in [0.05, 0.1) is 16.5 Å². The second kappa shape index (κ2) is 9.82. The van der Waals surface area contributed by atoms with Crippen molar-refractivity contribution in [1.29, 1.82) is 0 Å². The quantitative estimate of drug-likeness (QED) is 0.422. The van der Waals surface area contributed by atoms with Gasteiger partial charge in [-0.25, -0.2) is 18.7 Å². The molecule has 3 fully saturated rings. The summed E-state index contributed by atoms with van der Waals surface area (Å²) in [5.41, 5.74) is -1.51. The molecule has 38 heavy (non-hydrogen) atoms. The first-order valence-electron chi connectivity index (χ1n) is 13.3. The summed E-state index contributed by atoms with van der Waals surface area (Å²) in [6.07, 6.45) is 5.14. The lowest BCUT2D eigenvalue weighted by Gasteiger charge is -2.39. The van der Waals surface area contributed by atoms with Crippen molar-refractivity contribution >= 4 is 29.0 Å². The number of pyridine rings is 1. The third-order valence-corrected chi connectivity index (χ3v) is 9.51. The fourth-order valence-corrected chi connectivity index (χ4v) is 6.59. The number of carbonyl (C=O) groups excluding carboxylic acids is 2. The predicted octanol–water partition coefficient (Wildman–Crippen LogP) is 5.15. The van der Waals surface area contributed by atoms with Gasteiger partial charge in [0.1, 0.15) is 11.5 Å². The van der Waals surface area contributed by atoms with Gasteiger partial charge in [-0.3, -0.25) is 9.59 Å². The molecule has 0 radical (unpaired) electrons. The second-order valence-corrected chi connectivity index (χ2v) is 12.7. The smallest absolute Gasteiger partial charge is 0.280 e. The molecule has 2 bridgehead atoms. The maximum absolute atomic E-state index is 14.4. The van der Waals surface area contributed by atoms with Gasteiger partial charge in [0.15, 0.2) is 5.01 Å². The SMILES string of the molecule is CC(NC(=O)c1nc(C(=O)N2C3CCC2CC3)c(-c2cnc(NC3(C)CCC3)cc2C(F)F)s1)C(C)(C)O. The van der Waals surface area contributed by atoms with Crippen LogP contribution in [0.15, 0.2) is 12.3 Å². The summed E-state index contributed by atoms with van der Waals surface area (Å²) < 4.78 is 28.8. The maximum Gasteiger partial charge on any atom is 0.280 e. The maximum atomic E-state index is 14.4. The number of anilines is 1. The van der Waals surface area contributed by atoms with E-state index >= 15 is 0 Å². The number of aromatic nitrogens is 2. The number of alkyl halides is 2. The van der Waals surface area contributed by atoms with Crippen molar-refractivity contribution in [3.63, 3.8) is 0 Å². The highest BCUT2D eigenvalue weighted by Gasteiger charge is 2.44. The van der Waals surface area contributed by atoms with Crippen LogP contribution >= 0.6 is 11.3 Å². The van der Waals surface area contributed by atoms with Crippen molar-refractivity contribution in [3.8, 4) is 10.4 Å². The zero-order valence-electron chi connectivity index (χ0n) is 22.2. The monoisotopic (exact) mass is 547 g/mol. The summed E-state index contributed by atoms with van der Waals surface area (Å²) in [6, 6.07) is 0.953. The van der Waals surface area contributed by atoms with Gasteiger partial charge >= 0.3 is 0 Å². The molecule has 1 atom stereocenters. The minimum atomic E-state index is -2.82. The van der Waals surface area contributed by atoms with Gasteiger partial charge in [-0.2, -0.15) is 0 Å². The van der Waals surface area contributed by atoms with E-state index in [0.29, 0.717) is 5.82 Å². The highest BCUT2D eigenvalue weighted by molar-refractivity contribution is 7.17. The molecule has 3 aliphatic rings. The summed E-state index contributed by atoms with van der Waals surface area (Å²) in [6.45, 7) is 6.85. The molecular formula is C27H35F2N5O3S. The first-order chi connectivity index (χ1) is 17.9. The lowest BCUT2D eigenvalue weighted by molar-refractivity contribution is 0.0408. The van der Waals surface area contributed by atoms with E-state index in [0.717, 1.165) is 56.3 Å². The van der Waals surface area contributed by atoms with Crippen LogP contribution in [0.5, 0.6) is 0 Å². The standard InChI is InChI=1S/C27H35F2N5O3S/c1-14(26(2,3)37)31-23(35)24-32-20(25(36)34-15-6-7-16(34)9-8-15)21(38-24)18-13-30-19(12-17(18)22(28)29)33-27(4)10-5-11-27/h12-16,22,37H,5-11H2,1-4H3,(H,30,33)(H,31,35). The summed E-state index contributed by atoms with van der Waals surface area (Å²) in [5, 5.41) is 16.2. The molecule has 5 rings (SSSR count).